The summed E-state index contributed by atoms with van der Waals surface area (Å²) in [4.78, 5) is 4.37. The molecule has 1 aromatic rings. The summed E-state index contributed by atoms with van der Waals surface area (Å²) in [5, 5.41) is 9.04. The van der Waals surface area contributed by atoms with Gasteiger partial charge in [-0.3, -0.25) is 0 Å². The highest BCUT2D eigenvalue weighted by Gasteiger charge is 2.21. The van der Waals surface area contributed by atoms with Crippen LogP contribution in [0.1, 0.15) is 12.0 Å². The molecule has 0 amide bonds. The molecule has 2 rings (SSSR count). The molecule has 0 radical (unpaired) electrons. The van der Waals surface area contributed by atoms with Gasteiger partial charge in [-0.25, -0.2) is 4.39 Å². The van der Waals surface area contributed by atoms with Crippen molar-refractivity contribution in [1.29, 1.82) is 5.26 Å². The molecule has 1 unspecified atom stereocenters. The van der Waals surface area contributed by atoms with Gasteiger partial charge in [0.1, 0.15) is 11.9 Å². The maximum absolute atomic E-state index is 13.1. The molecule has 1 atom stereocenters. The molecule has 1 fully saturated rings. The van der Waals surface area contributed by atoms with Crippen LogP contribution in [0.3, 0.4) is 0 Å². The minimum atomic E-state index is -0.357. The summed E-state index contributed by atoms with van der Waals surface area (Å²) in [7, 11) is 4.09. The molecule has 0 aromatic heterocycles. The van der Waals surface area contributed by atoms with E-state index in [-0.39, 0.29) is 5.82 Å². The first-order chi connectivity index (χ1) is 8.60. The van der Waals surface area contributed by atoms with E-state index in [0.717, 1.165) is 25.3 Å². The van der Waals surface area contributed by atoms with Gasteiger partial charge >= 0.3 is 0 Å². The van der Waals surface area contributed by atoms with Crippen LogP contribution in [-0.4, -0.2) is 38.6 Å². The predicted molar refractivity (Wildman–Crippen MR) is 70.0 cm³/mol. The van der Waals surface area contributed by atoms with E-state index in [9.17, 15) is 4.39 Å². The largest absolute Gasteiger partial charge is 0.373 e. The number of rotatable bonds is 3. The van der Waals surface area contributed by atoms with Crippen molar-refractivity contribution < 1.29 is 4.39 Å². The number of nitrogens with zero attached hydrogens (tertiary/aromatic N) is 3. The van der Waals surface area contributed by atoms with Crippen molar-refractivity contribution >= 4 is 5.69 Å². The molecule has 4 heteroatoms. The normalized spacial score (nSPS) is 19.8. The van der Waals surface area contributed by atoms with Crippen molar-refractivity contribution in [3.05, 3.63) is 29.6 Å². The van der Waals surface area contributed by atoms with E-state index in [1.165, 1.54) is 18.6 Å². The number of benzene rings is 1. The Bertz CT molecular complexity index is 467. The lowest BCUT2D eigenvalue weighted by molar-refractivity contribution is 0.396. The van der Waals surface area contributed by atoms with Crippen LogP contribution in [0.25, 0.3) is 0 Å². The third-order valence-corrected chi connectivity index (χ3v) is 3.51. The van der Waals surface area contributed by atoms with Crippen LogP contribution in [0.15, 0.2) is 18.2 Å². The Labute approximate surface area is 107 Å². The number of nitriles is 1. The Morgan fingerprint density at radius 1 is 1.56 bits per heavy atom. The molecular formula is C14H18FN3. The van der Waals surface area contributed by atoms with Crippen molar-refractivity contribution in [2.24, 2.45) is 5.92 Å². The fourth-order valence-corrected chi connectivity index (χ4v) is 2.59. The SMILES string of the molecule is CN1CCC(CN(C)c2ccc(F)cc2C#N)C1. The van der Waals surface area contributed by atoms with Crippen molar-refractivity contribution in [2.75, 3.05) is 38.6 Å². The first-order valence-electron chi connectivity index (χ1n) is 6.19. The lowest BCUT2D eigenvalue weighted by Crippen LogP contribution is -2.27. The van der Waals surface area contributed by atoms with Gasteiger partial charge in [0.25, 0.3) is 0 Å². The average Bonchev–Trinajstić information content (AvgIpc) is 2.74. The zero-order valence-electron chi connectivity index (χ0n) is 10.9. The molecule has 3 nitrogen and oxygen atoms in total. The van der Waals surface area contributed by atoms with E-state index in [2.05, 4.69) is 22.9 Å². The lowest BCUT2D eigenvalue weighted by Gasteiger charge is -2.24. The number of likely N-dealkylation sites (tertiary alicyclic amines) is 1. The summed E-state index contributed by atoms with van der Waals surface area (Å²) in [5.41, 5.74) is 1.22. The number of hydrogen-bond donors (Lipinski definition) is 0. The molecule has 0 saturated carbocycles. The van der Waals surface area contributed by atoms with Crippen molar-refractivity contribution in [2.45, 2.75) is 6.42 Å². The summed E-state index contributed by atoms with van der Waals surface area (Å²) in [5.74, 6) is 0.265. The lowest BCUT2D eigenvalue weighted by atomic mass is 10.1. The third-order valence-electron chi connectivity index (χ3n) is 3.51. The Kier molecular flexibility index (Phi) is 3.83. The second-order valence-corrected chi connectivity index (χ2v) is 5.07. The van der Waals surface area contributed by atoms with Gasteiger partial charge in [0.2, 0.25) is 0 Å². The zero-order valence-corrected chi connectivity index (χ0v) is 10.9. The molecule has 1 aliphatic rings. The van der Waals surface area contributed by atoms with Crippen LogP contribution >= 0.6 is 0 Å². The minimum Gasteiger partial charge on any atom is -0.373 e. The van der Waals surface area contributed by atoms with Gasteiger partial charge < -0.3 is 9.80 Å². The zero-order chi connectivity index (χ0) is 13.1. The van der Waals surface area contributed by atoms with Crippen LogP contribution in [0.5, 0.6) is 0 Å². The molecule has 1 heterocycles. The second kappa shape index (κ2) is 5.36. The topological polar surface area (TPSA) is 30.3 Å². The molecule has 18 heavy (non-hydrogen) atoms. The van der Waals surface area contributed by atoms with Gasteiger partial charge in [0.05, 0.1) is 11.3 Å². The van der Waals surface area contributed by atoms with E-state index in [0.29, 0.717) is 11.5 Å². The summed E-state index contributed by atoms with van der Waals surface area (Å²) in [6.45, 7) is 3.13. The van der Waals surface area contributed by atoms with Crippen LogP contribution < -0.4 is 4.90 Å². The Morgan fingerprint density at radius 3 is 2.94 bits per heavy atom. The quantitative estimate of drug-likeness (QED) is 0.819. The highest BCUT2D eigenvalue weighted by atomic mass is 19.1. The van der Waals surface area contributed by atoms with Gasteiger partial charge in [-0.1, -0.05) is 0 Å². The standard InChI is InChI=1S/C14H18FN3/c1-17-6-5-11(9-17)10-18(2)14-4-3-13(15)7-12(14)8-16/h3-4,7,11H,5-6,9-10H2,1-2H3. The number of anilines is 1. The van der Waals surface area contributed by atoms with Gasteiger partial charge in [0, 0.05) is 20.1 Å². The molecule has 0 spiro atoms. The van der Waals surface area contributed by atoms with Gasteiger partial charge in [0.15, 0.2) is 0 Å². The van der Waals surface area contributed by atoms with Crippen LogP contribution in [0.4, 0.5) is 10.1 Å². The molecular weight excluding hydrogens is 229 g/mol. The van der Waals surface area contributed by atoms with Gasteiger partial charge in [-0.05, 0) is 44.1 Å². The second-order valence-electron chi connectivity index (χ2n) is 5.07. The highest BCUT2D eigenvalue weighted by Crippen LogP contribution is 2.23. The summed E-state index contributed by atoms with van der Waals surface area (Å²) < 4.78 is 13.1. The van der Waals surface area contributed by atoms with E-state index < -0.39 is 0 Å². The van der Waals surface area contributed by atoms with E-state index in [1.807, 2.05) is 7.05 Å². The summed E-state index contributed by atoms with van der Waals surface area (Å²) >= 11 is 0. The third kappa shape index (κ3) is 2.80. The summed E-state index contributed by atoms with van der Waals surface area (Å²) in [6.07, 6.45) is 1.18. The highest BCUT2D eigenvalue weighted by molar-refractivity contribution is 5.58. The summed E-state index contributed by atoms with van der Waals surface area (Å²) in [6, 6.07) is 6.45. The molecule has 96 valence electrons. The van der Waals surface area contributed by atoms with Crippen molar-refractivity contribution in [1.82, 2.24) is 4.90 Å². The van der Waals surface area contributed by atoms with Crippen molar-refractivity contribution in [3.8, 4) is 6.07 Å². The van der Waals surface area contributed by atoms with Crippen molar-refractivity contribution in [3.63, 3.8) is 0 Å². The predicted octanol–water partition coefficient (Wildman–Crippen LogP) is 2.09. The Morgan fingerprint density at radius 2 is 2.33 bits per heavy atom. The van der Waals surface area contributed by atoms with E-state index in [1.54, 1.807) is 6.07 Å². The molecule has 1 aromatic carbocycles. The number of hydrogen-bond acceptors (Lipinski definition) is 3. The monoisotopic (exact) mass is 247 g/mol. The molecule has 0 aliphatic carbocycles. The van der Waals surface area contributed by atoms with E-state index >= 15 is 0 Å². The van der Waals surface area contributed by atoms with Gasteiger partial charge in [-0.2, -0.15) is 5.26 Å². The Hall–Kier alpha value is -1.60. The van der Waals surface area contributed by atoms with Crippen LogP contribution in [0.2, 0.25) is 0 Å². The maximum Gasteiger partial charge on any atom is 0.124 e. The fourth-order valence-electron chi connectivity index (χ4n) is 2.59. The first-order valence-corrected chi connectivity index (χ1v) is 6.19. The van der Waals surface area contributed by atoms with Crippen LogP contribution in [0, 0.1) is 23.1 Å². The molecule has 1 aliphatic heterocycles. The average molecular weight is 247 g/mol. The van der Waals surface area contributed by atoms with Gasteiger partial charge in [-0.15, -0.1) is 0 Å². The molecule has 0 bridgehead atoms. The van der Waals surface area contributed by atoms with E-state index in [4.69, 9.17) is 5.26 Å². The minimum absolute atomic E-state index is 0.357. The van der Waals surface area contributed by atoms with Crippen LogP contribution in [-0.2, 0) is 0 Å². The fraction of sp³-hybridized carbons (Fsp3) is 0.500. The smallest absolute Gasteiger partial charge is 0.124 e. The Balaban J connectivity index is 2.09. The maximum atomic E-state index is 13.1. The number of halogens is 1. The molecule has 1 saturated heterocycles. The first kappa shape index (κ1) is 12.8. The molecule has 0 N–H and O–H groups in total.